The number of ether oxygens (including phenoxy) is 1. The molecule has 1 amide bonds. The van der Waals surface area contributed by atoms with Gasteiger partial charge in [-0.15, -0.1) is 11.3 Å². The highest BCUT2D eigenvalue weighted by Gasteiger charge is 2.25. The van der Waals surface area contributed by atoms with Gasteiger partial charge in [0.2, 0.25) is 5.95 Å². The highest BCUT2D eigenvalue weighted by atomic mass is 32.1. The van der Waals surface area contributed by atoms with Crippen LogP contribution >= 0.6 is 11.3 Å². The SMILES string of the molecule is COCCCNC(=O)c1csc2c(=O)n(Cc3ccccc3C#N)c(N3CCC[C@@H](N)C3)nc12. The first-order valence-electron chi connectivity index (χ1n) is 11.3. The first kappa shape index (κ1) is 23.9. The number of aromatic nitrogens is 2. The van der Waals surface area contributed by atoms with Crippen molar-refractivity contribution in [1.29, 1.82) is 5.26 Å². The van der Waals surface area contributed by atoms with E-state index in [1.54, 1.807) is 29.2 Å². The van der Waals surface area contributed by atoms with E-state index < -0.39 is 0 Å². The number of hydrogen-bond donors (Lipinski definition) is 2. The second-order valence-electron chi connectivity index (χ2n) is 8.35. The second kappa shape index (κ2) is 10.8. The van der Waals surface area contributed by atoms with Crippen LogP contribution in [0.25, 0.3) is 10.2 Å². The van der Waals surface area contributed by atoms with E-state index in [-0.39, 0.29) is 24.1 Å². The maximum atomic E-state index is 13.7. The number of nitrogens with two attached hydrogens (primary N) is 1. The number of nitrogens with zero attached hydrogens (tertiary/aromatic N) is 4. The van der Waals surface area contributed by atoms with Crippen LogP contribution in [0.3, 0.4) is 0 Å². The third kappa shape index (κ3) is 4.97. The zero-order chi connectivity index (χ0) is 24.1. The van der Waals surface area contributed by atoms with Gasteiger partial charge in [-0.05, 0) is 30.9 Å². The number of thiophene rings is 1. The Labute approximate surface area is 201 Å². The molecule has 34 heavy (non-hydrogen) atoms. The molecule has 0 saturated carbocycles. The number of nitriles is 1. The number of rotatable bonds is 8. The Morgan fingerprint density at radius 3 is 3.00 bits per heavy atom. The van der Waals surface area contributed by atoms with Crippen LogP contribution in [0.5, 0.6) is 0 Å². The minimum atomic E-state index is -0.261. The van der Waals surface area contributed by atoms with Gasteiger partial charge in [-0.3, -0.25) is 14.2 Å². The topological polar surface area (TPSA) is 126 Å². The van der Waals surface area contributed by atoms with Crippen molar-refractivity contribution in [2.24, 2.45) is 5.73 Å². The summed E-state index contributed by atoms with van der Waals surface area (Å²) in [6, 6.07) is 9.40. The van der Waals surface area contributed by atoms with Gasteiger partial charge in [0.05, 0.1) is 23.7 Å². The summed E-state index contributed by atoms with van der Waals surface area (Å²) in [7, 11) is 1.62. The lowest BCUT2D eigenvalue weighted by Gasteiger charge is -2.33. The molecule has 0 unspecified atom stereocenters. The summed E-state index contributed by atoms with van der Waals surface area (Å²) in [6.45, 7) is 2.52. The van der Waals surface area contributed by atoms with Crippen molar-refractivity contribution in [3.8, 4) is 6.07 Å². The van der Waals surface area contributed by atoms with Gasteiger partial charge in [-0.1, -0.05) is 18.2 Å². The number of nitrogens with one attached hydrogen (secondary N) is 1. The molecule has 3 aromatic rings. The van der Waals surface area contributed by atoms with Crippen molar-refractivity contribution in [1.82, 2.24) is 14.9 Å². The number of piperidine rings is 1. The van der Waals surface area contributed by atoms with E-state index in [1.165, 1.54) is 11.3 Å². The fourth-order valence-corrected chi connectivity index (χ4v) is 5.11. The largest absolute Gasteiger partial charge is 0.385 e. The fraction of sp³-hybridized carbons (Fsp3) is 0.417. The van der Waals surface area contributed by atoms with Gasteiger partial charge >= 0.3 is 0 Å². The highest BCUT2D eigenvalue weighted by Crippen LogP contribution is 2.26. The molecule has 1 aliphatic heterocycles. The van der Waals surface area contributed by atoms with Gasteiger partial charge in [-0.2, -0.15) is 5.26 Å². The number of amides is 1. The molecule has 4 rings (SSSR count). The van der Waals surface area contributed by atoms with E-state index in [0.29, 0.717) is 60.0 Å². The smallest absolute Gasteiger partial charge is 0.273 e. The Hall–Kier alpha value is -3.26. The number of carbonyl (C=O) groups is 1. The minimum absolute atomic E-state index is 0.0211. The van der Waals surface area contributed by atoms with Crippen LogP contribution in [0.4, 0.5) is 5.95 Å². The molecule has 1 aromatic carbocycles. The number of benzene rings is 1. The highest BCUT2D eigenvalue weighted by molar-refractivity contribution is 7.17. The predicted octanol–water partition coefficient (Wildman–Crippen LogP) is 2.07. The van der Waals surface area contributed by atoms with Gasteiger partial charge in [0, 0.05) is 44.8 Å². The van der Waals surface area contributed by atoms with Crippen LogP contribution in [0, 0.1) is 11.3 Å². The Morgan fingerprint density at radius 1 is 1.41 bits per heavy atom. The minimum Gasteiger partial charge on any atom is -0.385 e. The third-order valence-corrected chi connectivity index (χ3v) is 6.88. The Kier molecular flexibility index (Phi) is 7.57. The molecule has 1 fully saturated rings. The van der Waals surface area contributed by atoms with Crippen molar-refractivity contribution in [3.63, 3.8) is 0 Å². The number of carbonyl (C=O) groups excluding carboxylic acids is 1. The molecule has 3 N–H and O–H groups in total. The zero-order valence-electron chi connectivity index (χ0n) is 19.1. The van der Waals surface area contributed by atoms with Gasteiger partial charge in [-0.25, -0.2) is 4.98 Å². The fourth-order valence-electron chi connectivity index (χ4n) is 4.18. The van der Waals surface area contributed by atoms with Crippen molar-refractivity contribution in [2.45, 2.75) is 31.8 Å². The van der Waals surface area contributed by atoms with E-state index >= 15 is 0 Å². The molecular formula is C24H28N6O3S. The van der Waals surface area contributed by atoms with Gasteiger partial charge in [0.1, 0.15) is 10.2 Å². The average molecular weight is 481 g/mol. The number of hydrogen-bond acceptors (Lipinski definition) is 8. The molecule has 0 radical (unpaired) electrons. The van der Waals surface area contributed by atoms with Crippen LogP contribution in [-0.4, -0.2) is 54.9 Å². The van der Waals surface area contributed by atoms with Crippen molar-refractivity contribution in [3.05, 3.63) is 56.7 Å². The molecule has 1 aliphatic rings. The van der Waals surface area contributed by atoms with Crippen LogP contribution in [-0.2, 0) is 11.3 Å². The lowest BCUT2D eigenvalue weighted by molar-refractivity contribution is 0.0950. The van der Waals surface area contributed by atoms with E-state index in [4.69, 9.17) is 15.5 Å². The molecule has 2 aromatic heterocycles. The molecule has 0 spiro atoms. The first-order valence-corrected chi connectivity index (χ1v) is 12.2. The summed E-state index contributed by atoms with van der Waals surface area (Å²) >= 11 is 1.21. The molecule has 1 atom stereocenters. The maximum absolute atomic E-state index is 13.7. The van der Waals surface area contributed by atoms with Gasteiger partial charge < -0.3 is 20.7 Å². The summed E-state index contributed by atoms with van der Waals surface area (Å²) in [5.74, 6) is 0.218. The Morgan fingerprint density at radius 2 is 2.24 bits per heavy atom. The lowest BCUT2D eigenvalue weighted by Crippen LogP contribution is -2.45. The van der Waals surface area contributed by atoms with Crippen molar-refractivity contribution < 1.29 is 9.53 Å². The standard InChI is InChI=1S/C24H28N6O3S/c1-33-11-5-9-27-22(31)19-15-34-21-20(19)28-24(29-10-4-8-18(26)14-29)30(23(21)32)13-17-7-3-2-6-16(17)12-25/h2-3,6-7,15,18H,4-5,8-11,13-14,26H2,1H3,(H,27,31)/t18-/m1/s1. The summed E-state index contributed by atoms with van der Waals surface area (Å²) in [5.41, 5.74) is 8.04. The average Bonchev–Trinajstić information content (AvgIpc) is 3.28. The third-order valence-electron chi connectivity index (χ3n) is 5.92. The molecule has 10 heteroatoms. The molecule has 178 valence electrons. The second-order valence-corrected chi connectivity index (χ2v) is 9.23. The van der Waals surface area contributed by atoms with Crippen LogP contribution in [0.1, 0.15) is 40.7 Å². The first-order chi connectivity index (χ1) is 16.5. The lowest BCUT2D eigenvalue weighted by atomic mass is 10.1. The van der Waals surface area contributed by atoms with E-state index in [9.17, 15) is 14.9 Å². The molecule has 1 saturated heterocycles. The summed E-state index contributed by atoms with van der Waals surface area (Å²) in [6.07, 6.45) is 2.49. The van der Waals surface area contributed by atoms with E-state index in [1.807, 2.05) is 17.0 Å². The molecule has 0 aliphatic carbocycles. The number of fused-ring (bicyclic) bond motifs is 1. The van der Waals surface area contributed by atoms with Gasteiger partial charge in [0.25, 0.3) is 11.5 Å². The van der Waals surface area contributed by atoms with Crippen LogP contribution < -0.4 is 21.5 Å². The Balaban J connectivity index is 1.78. The summed E-state index contributed by atoms with van der Waals surface area (Å²) in [5, 5.41) is 14.1. The normalized spacial score (nSPS) is 15.9. The predicted molar refractivity (Wildman–Crippen MR) is 132 cm³/mol. The Bertz CT molecular complexity index is 1280. The molecule has 0 bridgehead atoms. The van der Waals surface area contributed by atoms with Crippen molar-refractivity contribution in [2.75, 3.05) is 38.3 Å². The van der Waals surface area contributed by atoms with E-state index in [2.05, 4.69) is 11.4 Å². The van der Waals surface area contributed by atoms with Crippen LogP contribution in [0.15, 0.2) is 34.4 Å². The number of methoxy groups -OCH3 is 1. The number of anilines is 1. The van der Waals surface area contributed by atoms with Crippen LogP contribution in [0.2, 0.25) is 0 Å². The zero-order valence-corrected chi connectivity index (χ0v) is 19.9. The van der Waals surface area contributed by atoms with Crippen molar-refractivity contribution >= 4 is 33.4 Å². The summed E-state index contributed by atoms with van der Waals surface area (Å²) in [4.78, 5) is 33.3. The molecule has 9 nitrogen and oxygen atoms in total. The maximum Gasteiger partial charge on any atom is 0.273 e. The monoisotopic (exact) mass is 480 g/mol. The van der Waals surface area contributed by atoms with Gasteiger partial charge in [0.15, 0.2) is 0 Å². The van der Waals surface area contributed by atoms with E-state index in [0.717, 1.165) is 18.4 Å². The molecular weight excluding hydrogens is 452 g/mol. The molecule has 3 heterocycles. The quantitative estimate of drug-likeness (QED) is 0.473. The summed E-state index contributed by atoms with van der Waals surface area (Å²) < 4.78 is 7.05.